The van der Waals surface area contributed by atoms with Crippen molar-refractivity contribution in [2.45, 2.75) is 0 Å². The lowest BCUT2D eigenvalue weighted by Gasteiger charge is -2.25. The topological polar surface area (TPSA) is 29.3 Å². The van der Waals surface area contributed by atoms with Gasteiger partial charge in [-0.3, -0.25) is 0 Å². The van der Waals surface area contributed by atoms with Crippen molar-refractivity contribution in [1.29, 1.82) is 0 Å². The van der Waals surface area contributed by atoms with Crippen LogP contribution in [0.5, 0.6) is 0 Å². The van der Waals surface area contributed by atoms with Crippen molar-refractivity contribution >= 4 is 60.5 Å². The van der Waals surface area contributed by atoms with E-state index in [1.54, 1.807) is 0 Å². The van der Waals surface area contributed by atoms with Crippen LogP contribution in [-0.2, 0) is 0 Å². The summed E-state index contributed by atoms with van der Waals surface area (Å²) >= 11 is 0. The number of rotatable bonds is 5. The molecule has 9 aromatic rings. The molecule has 0 saturated carbocycles. The Labute approximate surface area is 266 Å². The molecule has 1 heterocycles. The molecule has 0 aliphatic rings. The summed E-state index contributed by atoms with van der Waals surface area (Å²) in [4.78, 5) is 7.47. The van der Waals surface area contributed by atoms with E-state index in [1.807, 2.05) is 30.3 Å². The van der Waals surface area contributed by atoms with E-state index in [0.717, 1.165) is 55.4 Å². The second kappa shape index (κ2) is 10.8. The van der Waals surface area contributed by atoms with Gasteiger partial charge in [0, 0.05) is 33.4 Å². The normalized spacial score (nSPS) is 11.5. The van der Waals surface area contributed by atoms with Gasteiger partial charge in [-0.25, -0.2) is 4.98 Å². The van der Waals surface area contributed by atoms with Crippen molar-refractivity contribution in [2.24, 2.45) is 0 Å². The minimum absolute atomic E-state index is 0.633. The highest BCUT2D eigenvalue weighted by atomic mass is 16.3. The van der Waals surface area contributed by atoms with Gasteiger partial charge in [0.05, 0.1) is 0 Å². The van der Waals surface area contributed by atoms with Gasteiger partial charge in [-0.05, 0) is 81.2 Å². The maximum absolute atomic E-state index is 6.58. The van der Waals surface area contributed by atoms with Crippen molar-refractivity contribution in [3.05, 3.63) is 170 Å². The fraction of sp³-hybridized carbons (Fsp3) is 0. The lowest BCUT2D eigenvalue weighted by atomic mass is 9.91. The minimum Gasteiger partial charge on any atom is -0.435 e. The van der Waals surface area contributed by atoms with Crippen molar-refractivity contribution < 1.29 is 4.42 Å². The van der Waals surface area contributed by atoms with Crippen molar-refractivity contribution in [2.75, 3.05) is 4.90 Å². The van der Waals surface area contributed by atoms with Crippen LogP contribution in [0.3, 0.4) is 0 Å². The summed E-state index contributed by atoms with van der Waals surface area (Å²) in [5.74, 6) is 0.633. The Kier molecular flexibility index (Phi) is 6.14. The van der Waals surface area contributed by atoms with E-state index in [1.165, 1.54) is 21.7 Å². The number of para-hydroxylation sites is 2. The van der Waals surface area contributed by atoms with Crippen LogP contribution >= 0.6 is 0 Å². The molecule has 0 amide bonds. The number of oxazole rings is 1. The molecule has 0 N–H and O–H groups in total. The summed E-state index contributed by atoms with van der Waals surface area (Å²) in [5.41, 5.74) is 8.33. The van der Waals surface area contributed by atoms with Gasteiger partial charge in [0.15, 0.2) is 5.58 Å². The molecule has 9 rings (SSSR count). The smallest absolute Gasteiger partial charge is 0.227 e. The highest BCUT2D eigenvalue weighted by molar-refractivity contribution is 6.31. The van der Waals surface area contributed by atoms with Crippen LogP contribution in [0.25, 0.3) is 66.0 Å². The monoisotopic (exact) mass is 588 g/mol. The Bertz CT molecular complexity index is 2460. The summed E-state index contributed by atoms with van der Waals surface area (Å²) in [6.07, 6.45) is 0. The molecule has 0 aliphatic heterocycles. The van der Waals surface area contributed by atoms with Crippen LogP contribution < -0.4 is 4.90 Å². The van der Waals surface area contributed by atoms with Crippen molar-refractivity contribution in [3.8, 4) is 22.6 Å². The van der Waals surface area contributed by atoms with Crippen molar-refractivity contribution in [3.63, 3.8) is 0 Å². The van der Waals surface area contributed by atoms with Crippen LogP contribution in [0.4, 0.5) is 17.1 Å². The zero-order valence-corrected chi connectivity index (χ0v) is 25.0. The molecular formula is C43H28N2O. The third kappa shape index (κ3) is 4.25. The molecule has 0 saturated heterocycles. The first kappa shape index (κ1) is 26.2. The average Bonchev–Trinajstić information content (AvgIpc) is 3.59. The van der Waals surface area contributed by atoms with Crippen LogP contribution in [0.1, 0.15) is 0 Å². The highest BCUT2D eigenvalue weighted by Crippen LogP contribution is 2.44. The number of fused-ring (bicyclic) bond motifs is 8. The third-order valence-corrected chi connectivity index (χ3v) is 8.86. The standard InChI is InChI=1S/C43H28N2O/c1-4-13-31(14-5-1)43-44-41-40-37(36-20-10-11-21-38(36)42(41)46-43)28-25-30-15-12-22-35(39(30)40)29-23-26-34(27-24-29)45(32-16-6-2-7-17-32)33-18-8-3-9-19-33/h1-28H. The Balaban J connectivity index is 1.28. The Morgan fingerprint density at radius 1 is 0.413 bits per heavy atom. The third-order valence-electron chi connectivity index (χ3n) is 8.86. The zero-order chi connectivity index (χ0) is 30.5. The minimum atomic E-state index is 0.633. The second-order valence-electron chi connectivity index (χ2n) is 11.6. The number of hydrogen-bond donors (Lipinski definition) is 0. The lowest BCUT2D eigenvalue weighted by molar-refractivity contribution is 0.623. The van der Waals surface area contributed by atoms with E-state index >= 15 is 0 Å². The van der Waals surface area contributed by atoms with E-state index in [4.69, 9.17) is 9.40 Å². The first-order chi connectivity index (χ1) is 22.8. The van der Waals surface area contributed by atoms with Crippen LogP contribution in [0, 0.1) is 0 Å². The largest absolute Gasteiger partial charge is 0.435 e. The number of nitrogens with zero attached hydrogens (tertiary/aromatic N) is 2. The SMILES string of the molecule is c1ccc(-c2nc3c(o2)c2ccccc2c2ccc4cccc(-c5ccc(N(c6ccccc6)c6ccccc6)cc5)c4c23)cc1. The van der Waals surface area contributed by atoms with E-state index in [-0.39, 0.29) is 0 Å². The fourth-order valence-corrected chi connectivity index (χ4v) is 6.77. The second-order valence-corrected chi connectivity index (χ2v) is 11.6. The summed E-state index contributed by atoms with van der Waals surface area (Å²) in [6.45, 7) is 0. The first-order valence-corrected chi connectivity index (χ1v) is 15.6. The number of anilines is 3. The zero-order valence-electron chi connectivity index (χ0n) is 25.0. The first-order valence-electron chi connectivity index (χ1n) is 15.6. The molecule has 0 spiro atoms. The van der Waals surface area contributed by atoms with E-state index in [9.17, 15) is 0 Å². The maximum Gasteiger partial charge on any atom is 0.227 e. The van der Waals surface area contributed by atoms with Gasteiger partial charge >= 0.3 is 0 Å². The van der Waals surface area contributed by atoms with E-state index in [0.29, 0.717) is 5.89 Å². The van der Waals surface area contributed by atoms with Gasteiger partial charge in [-0.15, -0.1) is 0 Å². The maximum atomic E-state index is 6.58. The lowest BCUT2D eigenvalue weighted by Crippen LogP contribution is -2.09. The number of hydrogen-bond acceptors (Lipinski definition) is 3. The molecular weight excluding hydrogens is 560 g/mol. The number of aromatic nitrogens is 1. The summed E-state index contributed by atoms with van der Waals surface area (Å²) in [6, 6.07) is 59.6. The molecule has 3 nitrogen and oxygen atoms in total. The molecule has 0 fully saturated rings. The van der Waals surface area contributed by atoms with Crippen LogP contribution in [0.2, 0.25) is 0 Å². The van der Waals surface area contributed by atoms with E-state index in [2.05, 4.69) is 144 Å². The predicted molar refractivity (Wildman–Crippen MR) is 192 cm³/mol. The highest BCUT2D eigenvalue weighted by Gasteiger charge is 2.20. The van der Waals surface area contributed by atoms with Crippen LogP contribution in [0.15, 0.2) is 174 Å². The Morgan fingerprint density at radius 3 is 1.72 bits per heavy atom. The van der Waals surface area contributed by atoms with Gasteiger partial charge in [-0.1, -0.05) is 121 Å². The van der Waals surface area contributed by atoms with Crippen molar-refractivity contribution in [1.82, 2.24) is 4.98 Å². The number of benzene rings is 8. The summed E-state index contributed by atoms with van der Waals surface area (Å²) in [5, 5.41) is 6.88. The molecule has 3 heteroatoms. The molecule has 0 unspecified atom stereocenters. The van der Waals surface area contributed by atoms with Crippen LogP contribution in [-0.4, -0.2) is 4.98 Å². The molecule has 0 radical (unpaired) electrons. The molecule has 8 aromatic carbocycles. The van der Waals surface area contributed by atoms with Gasteiger partial charge in [0.25, 0.3) is 0 Å². The molecule has 1 aromatic heterocycles. The average molecular weight is 589 g/mol. The molecule has 46 heavy (non-hydrogen) atoms. The predicted octanol–water partition coefficient (Wildman–Crippen LogP) is 12.1. The quantitative estimate of drug-likeness (QED) is 0.187. The Hall–Kier alpha value is -6.19. The summed E-state index contributed by atoms with van der Waals surface area (Å²) in [7, 11) is 0. The van der Waals surface area contributed by atoms with Gasteiger partial charge in [-0.2, -0.15) is 0 Å². The molecule has 216 valence electrons. The van der Waals surface area contributed by atoms with E-state index < -0.39 is 0 Å². The van der Waals surface area contributed by atoms with Gasteiger partial charge in [0.2, 0.25) is 5.89 Å². The molecule has 0 atom stereocenters. The van der Waals surface area contributed by atoms with Gasteiger partial charge in [0.1, 0.15) is 5.52 Å². The van der Waals surface area contributed by atoms with Gasteiger partial charge < -0.3 is 9.32 Å². The molecule has 0 aliphatic carbocycles. The summed E-state index contributed by atoms with van der Waals surface area (Å²) < 4.78 is 6.58. The Morgan fingerprint density at radius 2 is 1.02 bits per heavy atom. The fourth-order valence-electron chi connectivity index (χ4n) is 6.77. The molecule has 0 bridgehead atoms.